The van der Waals surface area contributed by atoms with Crippen LogP contribution in [0, 0.1) is 10.1 Å². The standard InChI is InChI=1S/C8H5Br2NO3S/c9-8(10)2-1-5-4(7(8)12)3-6(15-5)11(13)14/h3H,1-2H2. The Bertz CT molecular complexity index is 455. The molecule has 80 valence electrons. The summed E-state index contributed by atoms with van der Waals surface area (Å²) in [5.41, 5.74) is 0.465. The first kappa shape index (κ1) is 11.2. The molecule has 0 aromatic carbocycles. The van der Waals surface area contributed by atoms with E-state index in [1.165, 1.54) is 6.07 Å². The Hall–Kier alpha value is -0.270. The molecule has 0 saturated heterocycles. The van der Waals surface area contributed by atoms with Gasteiger partial charge in [0, 0.05) is 16.5 Å². The van der Waals surface area contributed by atoms with E-state index in [0.29, 0.717) is 18.4 Å². The second-order valence-corrected chi connectivity index (χ2v) is 8.10. The Balaban J connectivity index is 2.49. The minimum Gasteiger partial charge on any atom is -0.292 e. The quantitative estimate of drug-likeness (QED) is 0.441. The number of rotatable bonds is 1. The van der Waals surface area contributed by atoms with Gasteiger partial charge < -0.3 is 0 Å². The van der Waals surface area contributed by atoms with Crippen LogP contribution in [0.4, 0.5) is 5.00 Å². The Labute approximate surface area is 106 Å². The molecule has 0 unspecified atom stereocenters. The maximum absolute atomic E-state index is 11.9. The molecule has 1 heterocycles. The first-order valence-corrected chi connectivity index (χ1v) is 6.52. The van der Waals surface area contributed by atoms with Crippen LogP contribution < -0.4 is 0 Å². The summed E-state index contributed by atoms with van der Waals surface area (Å²) < 4.78 is -0.748. The molecule has 0 N–H and O–H groups in total. The highest BCUT2D eigenvalue weighted by Crippen LogP contribution is 2.44. The van der Waals surface area contributed by atoms with Gasteiger partial charge in [0.15, 0.2) is 5.78 Å². The number of thiophene rings is 1. The first-order valence-electron chi connectivity index (χ1n) is 4.11. The molecule has 4 nitrogen and oxygen atoms in total. The molecular weight excluding hydrogens is 350 g/mol. The van der Waals surface area contributed by atoms with E-state index >= 15 is 0 Å². The van der Waals surface area contributed by atoms with Crippen molar-refractivity contribution in [3.8, 4) is 0 Å². The predicted molar refractivity (Wildman–Crippen MR) is 64.2 cm³/mol. The number of halogens is 2. The van der Waals surface area contributed by atoms with Crippen molar-refractivity contribution < 1.29 is 9.72 Å². The summed E-state index contributed by atoms with van der Waals surface area (Å²) in [6.45, 7) is 0. The van der Waals surface area contributed by atoms with Crippen molar-refractivity contribution in [3.05, 3.63) is 26.6 Å². The van der Waals surface area contributed by atoms with E-state index in [9.17, 15) is 14.9 Å². The molecule has 0 atom stereocenters. The highest BCUT2D eigenvalue weighted by Gasteiger charge is 2.40. The molecule has 1 aliphatic rings. The summed E-state index contributed by atoms with van der Waals surface area (Å²) in [5.74, 6) is -0.131. The van der Waals surface area contributed by atoms with Crippen LogP contribution in [-0.4, -0.2) is 13.9 Å². The molecule has 0 saturated carbocycles. The van der Waals surface area contributed by atoms with Crippen molar-refractivity contribution in [2.45, 2.75) is 16.1 Å². The molecule has 0 spiro atoms. The number of fused-ring (bicyclic) bond motifs is 1. The zero-order valence-corrected chi connectivity index (χ0v) is 11.3. The second-order valence-electron chi connectivity index (χ2n) is 3.21. The number of ketones is 1. The van der Waals surface area contributed by atoms with Crippen molar-refractivity contribution in [3.63, 3.8) is 0 Å². The zero-order chi connectivity index (χ0) is 11.2. The van der Waals surface area contributed by atoms with Crippen LogP contribution in [0.25, 0.3) is 0 Å². The minimum atomic E-state index is -0.748. The highest BCUT2D eigenvalue weighted by molar-refractivity contribution is 9.26. The molecule has 1 aromatic heterocycles. The van der Waals surface area contributed by atoms with Crippen molar-refractivity contribution in [1.82, 2.24) is 0 Å². The van der Waals surface area contributed by atoms with Crippen LogP contribution in [-0.2, 0) is 6.42 Å². The molecule has 0 aliphatic heterocycles. The van der Waals surface area contributed by atoms with Crippen LogP contribution in [0.1, 0.15) is 21.7 Å². The van der Waals surface area contributed by atoms with E-state index in [4.69, 9.17) is 0 Å². The summed E-state index contributed by atoms with van der Waals surface area (Å²) in [4.78, 5) is 22.8. The van der Waals surface area contributed by atoms with Gasteiger partial charge in [-0.15, -0.1) is 0 Å². The number of aryl methyl sites for hydroxylation is 1. The molecule has 0 radical (unpaired) electrons. The third kappa shape index (κ3) is 1.88. The van der Waals surface area contributed by atoms with Gasteiger partial charge in [0.1, 0.15) is 3.23 Å². The molecule has 0 amide bonds. The fraction of sp³-hybridized carbons (Fsp3) is 0.375. The van der Waals surface area contributed by atoms with Gasteiger partial charge in [-0.1, -0.05) is 43.2 Å². The molecule has 1 aromatic rings. The van der Waals surface area contributed by atoms with Gasteiger partial charge in [-0.25, -0.2) is 0 Å². The number of nitro groups is 1. The first-order chi connectivity index (χ1) is 6.92. The van der Waals surface area contributed by atoms with Crippen LogP contribution in [0.5, 0.6) is 0 Å². The topological polar surface area (TPSA) is 60.2 Å². The lowest BCUT2D eigenvalue weighted by atomic mass is 9.98. The van der Waals surface area contributed by atoms with E-state index in [1.807, 2.05) is 0 Å². The van der Waals surface area contributed by atoms with Gasteiger partial charge >= 0.3 is 5.00 Å². The lowest BCUT2D eigenvalue weighted by molar-refractivity contribution is -0.380. The number of carbonyl (C=O) groups is 1. The molecule has 7 heteroatoms. The minimum absolute atomic E-state index is 0.0334. The van der Waals surface area contributed by atoms with Crippen LogP contribution in [0.15, 0.2) is 6.07 Å². The molecular formula is C8H5Br2NO3S. The molecule has 2 rings (SSSR count). The average molecular weight is 355 g/mol. The lowest BCUT2D eigenvalue weighted by Crippen LogP contribution is -2.29. The molecule has 0 bridgehead atoms. The number of hydrogen-bond acceptors (Lipinski definition) is 4. The Morgan fingerprint density at radius 2 is 2.20 bits per heavy atom. The van der Waals surface area contributed by atoms with E-state index in [-0.39, 0.29) is 10.8 Å². The smallest absolute Gasteiger partial charge is 0.292 e. The molecule has 1 aliphatic carbocycles. The summed E-state index contributed by atoms with van der Waals surface area (Å²) >= 11 is 7.64. The van der Waals surface area contributed by atoms with Crippen LogP contribution >= 0.6 is 43.2 Å². The Morgan fingerprint density at radius 3 is 2.80 bits per heavy atom. The van der Waals surface area contributed by atoms with Crippen molar-refractivity contribution in [2.75, 3.05) is 0 Å². The predicted octanol–water partition coefficient (Wildman–Crippen LogP) is 3.27. The number of carbonyl (C=O) groups excluding carboxylic acids is 1. The van der Waals surface area contributed by atoms with E-state index in [2.05, 4.69) is 31.9 Å². The van der Waals surface area contributed by atoms with Gasteiger partial charge in [0.2, 0.25) is 0 Å². The molecule has 0 fully saturated rings. The average Bonchev–Trinajstić information content (AvgIpc) is 2.56. The fourth-order valence-corrected chi connectivity index (χ4v) is 3.26. The number of Topliss-reactive ketones (excluding diaryl/α,β-unsaturated/α-hetero) is 1. The van der Waals surface area contributed by atoms with Crippen LogP contribution in [0.2, 0.25) is 0 Å². The van der Waals surface area contributed by atoms with Gasteiger partial charge in [0.05, 0.1) is 4.92 Å². The fourth-order valence-electron chi connectivity index (χ4n) is 1.46. The summed E-state index contributed by atoms with van der Waals surface area (Å²) in [6, 6.07) is 1.36. The summed E-state index contributed by atoms with van der Waals surface area (Å²) in [6.07, 6.45) is 1.28. The van der Waals surface area contributed by atoms with Gasteiger partial charge in [-0.05, 0) is 12.8 Å². The van der Waals surface area contributed by atoms with E-state index in [0.717, 1.165) is 16.2 Å². The second kappa shape index (κ2) is 3.64. The third-order valence-corrected chi connectivity index (χ3v) is 4.88. The highest BCUT2D eigenvalue weighted by atomic mass is 79.9. The SMILES string of the molecule is O=C1c2cc([N+](=O)[O-])sc2CCC1(Br)Br. The lowest BCUT2D eigenvalue weighted by Gasteiger charge is -2.23. The number of alkyl halides is 2. The van der Waals surface area contributed by atoms with Crippen LogP contribution in [0.3, 0.4) is 0 Å². The monoisotopic (exact) mass is 353 g/mol. The van der Waals surface area contributed by atoms with Gasteiger partial charge in [-0.3, -0.25) is 14.9 Å². The van der Waals surface area contributed by atoms with Crippen molar-refractivity contribution in [1.29, 1.82) is 0 Å². The Morgan fingerprint density at radius 1 is 1.53 bits per heavy atom. The molecule has 15 heavy (non-hydrogen) atoms. The number of nitrogens with zero attached hydrogens (tertiary/aromatic N) is 1. The van der Waals surface area contributed by atoms with Crippen molar-refractivity contribution in [2.24, 2.45) is 0 Å². The normalized spacial score (nSPS) is 18.7. The van der Waals surface area contributed by atoms with Gasteiger partial charge in [-0.2, -0.15) is 0 Å². The maximum atomic E-state index is 11.9. The zero-order valence-electron chi connectivity index (χ0n) is 7.33. The third-order valence-electron chi connectivity index (χ3n) is 2.22. The van der Waals surface area contributed by atoms with E-state index in [1.54, 1.807) is 0 Å². The largest absolute Gasteiger partial charge is 0.325 e. The maximum Gasteiger partial charge on any atom is 0.325 e. The van der Waals surface area contributed by atoms with Gasteiger partial charge in [0.25, 0.3) is 0 Å². The van der Waals surface area contributed by atoms with E-state index < -0.39 is 8.16 Å². The van der Waals surface area contributed by atoms with Crippen molar-refractivity contribution >= 4 is 54.0 Å². The summed E-state index contributed by atoms with van der Waals surface area (Å²) in [7, 11) is 0. The Kier molecular flexibility index (Phi) is 2.72. The number of hydrogen-bond donors (Lipinski definition) is 0. The summed E-state index contributed by atoms with van der Waals surface area (Å²) in [5, 5.41) is 10.6.